The highest BCUT2D eigenvalue weighted by Gasteiger charge is 2.28. The van der Waals surface area contributed by atoms with Gasteiger partial charge in [0, 0.05) is 31.5 Å². The minimum atomic E-state index is -0.107. The average molecular weight is 358 g/mol. The van der Waals surface area contributed by atoms with E-state index in [1.807, 2.05) is 29.1 Å². The molecule has 1 saturated heterocycles. The van der Waals surface area contributed by atoms with Crippen molar-refractivity contribution in [2.24, 2.45) is 5.92 Å². The molecule has 1 aliphatic rings. The van der Waals surface area contributed by atoms with E-state index in [2.05, 4.69) is 25.6 Å². The topological polar surface area (TPSA) is 89.1 Å². The second kappa shape index (κ2) is 6.67. The van der Waals surface area contributed by atoms with Crippen LogP contribution < -0.4 is 10.2 Å². The summed E-state index contributed by atoms with van der Waals surface area (Å²) in [5.74, 6) is 0.996. The van der Waals surface area contributed by atoms with Crippen LogP contribution in [-0.4, -0.2) is 38.9 Å². The van der Waals surface area contributed by atoms with Gasteiger partial charge in [-0.25, -0.2) is 0 Å². The summed E-state index contributed by atoms with van der Waals surface area (Å²) in [6.07, 6.45) is 5.67. The third-order valence-electron chi connectivity index (χ3n) is 4.17. The molecule has 25 heavy (non-hydrogen) atoms. The first-order valence-corrected chi connectivity index (χ1v) is 8.96. The number of carbonyl (C=O) groups excluding carboxylic acids is 1. The van der Waals surface area contributed by atoms with Crippen LogP contribution in [0.4, 0.5) is 10.9 Å². The fourth-order valence-corrected chi connectivity index (χ4v) is 3.77. The summed E-state index contributed by atoms with van der Waals surface area (Å²) in [6, 6.07) is 5.62. The fraction of sp³-hybridized carbons (Fsp3) is 0.375. The van der Waals surface area contributed by atoms with Gasteiger partial charge in [0.25, 0.3) is 0 Å². The van der Waals surface area contributed by atoms with Crippen LogP contribution in [0, 0.1) is 12.8 Å². The Labute approximate surface area is 148 Å². The molecule has 9 heteroatoms. The van der Waals surface area contributed by atoms with Crippen molar-refractivity contribution >= 4 is 28.2 Å². The van der Waals surface area contributed by atoms with E-state index < -0.39 is 0 Å². The van der Waals surface area contributed by atoms with Crippen LogP contribution in [0.1, 0.15) is 18.6 Å². The lowest BCUT2D eigenvalue weighted by Gasteiger charge is -2.31. The molecule has 0 unspecified atom stereocenters. The van der Waals surface area contributed by atoms with Crippen molar-refractivity contribution < 1.29 is 9.32 Å². The van der Waals surface area contributed by atoms with Gasteiger partial charge in [-0.2, -0.15) is 0 Å². The van der Waals surface area contributed by atoms with E-state index in [0.29, 0.717) is 18.1 Å². The Morgan fingerprint density at radius 3 is 2.88 bits per heavy atom. The zero-order chi connectivity index (χ0) is 17.2. The summed E-state index contributed by atoms with van der Waals surface area (Å²) >= 11 is 1.53. The molecule has 1 fully saturated rings. The first-order valence-electron chi connectivity index (χ1n) is 8.15. The van der Waals surface area contributed by atoms with Crippen LogP contribution in [0.3, 0.4) is 0 Å². The van der Waals surface area contributed by atoms with Gasteiger partial charge in [0.1, 0.15) is 5.76 Å². The van der Waals surface area contributed by atoms with Gasteiger partial charge in [0.2, 0.25) is 16.2 Å². The van der Waals surface area contributed by atoms with Gasteiger partial charge in [-0.1, -0.05) is 16.5 Å². The molecule has 8 nitrogen and oxygen atoms in total. The fourth-order valence-electron chi connectivity index (χ4n) is 2.92. The Morgan fingerprint density at radius 1 is 1.32 bits per heavy atom. The van der Waals surface area contributed by atoms with Crippen LogP contribution in [0.25, 0.3) is 5.13 Å². The van der Waals surface area contributed by atoms with Gasteiger partial charge in [-0.15, -0.1) is 10.2 Å². The van der Waals surface area contributed by atoms with Crippen LogP contribution in [0.5, 0.6) is 0 Å². The monoisotopic (exact) mass is 358 g/mol. The molecular weight excluding hydrogens is 340 g/mol. The molecule has 1 N–H and O–H groups in total. The number of aryl methyl sites for hydroxylation is 1. The van der Waals surface area contributed by atoms with Gasteiger partial charge in [-0.05, 0) is 31.9 Å². The van der Waals surface area contributed by atoms with E-state index in [0.717, 1.165) is 29.6 Å². The van der Waals surface area contributed by atoms with Crippen LogP contribution in [-0.2, 0) is 4.79 Å². The number of amides is 1. The maximum Gasteiger partial charge on any atom is 0.230 e. The van der Waals surface area contributed by atoms with Crippen LogP contribution in [0.2, 0.25) is 0 Å². The minimum Gasteiger partial charge on any atom is -0.360 e. The number of piperidine rings is 1. The van der Waals surface area contributed by atoms with Crippen LogP contribution in [0.15, 0.2) is 35.1 Å². The van der Waals surface area contributed by atoms with Crippen molar-refractivity contribution in [3.05, 3.63) is 36.4 Å². The van der Waals surface area contributed by atoms with Crippen molar-refractivity contribution in [1.82, 2.24) is 19.9 Å². The summed E-state index contributed by atoms with van der Waals surface area (Å²) in [7, 11) is 0. The predicted octanol–water partition coefficient (Wildman–Crippen LogP) is 2.48. The highest BCUT2D eigenvalue weighted by Crippen LogP contribution is 2.28. The van der Waals surface area contributed by atoms with Gasteiger partial charge < -0.3 is 14.7 Å². The molecule has 0 bridgehead atoms. The molecule has 0 spiro atoms. The molecule has 4 heterocycles. The summed E-state index contributed by atoms with van der Waals surface area (Å²) < 4.78 is 6.92. The molecule has 0 radical (unpaired) electrons. The lowest BCUT2D eigenvalue weighted by atomic mass is 9.97. The second-order valence-corrected chi connectivity index (χ2v) is 6.99. The number of hydrogen-bond donors (Lipinski definition) is 1. The molecule has 130 valence electrons. The van der Waals surface area contributed by atoms with Crippen molar-refractivity contribution in [2.75, 3.05) is 23.3 Å². The molecule has 1 aliphatic heterocycles. The largest absolute Gasteiger partial charge is 0.360 e. The highest BCUT2D eigenvalue weighted by atomic mass is 32.1. The van der Waals surface area contributed by atoms with Gasteiger partial charge >= 0.3 is 0 Å². The SMILES string of the molecule is Cc1cc(NC(=O)[C@@H]2CCCN(c3nnc(-n4cccc4)s3)C2)no1. The zero-order valence-corrected chi connectivity index (χ0v) is 14.6. The van der Waals surface area contributed by atoms with Gasteiger partial charge in [0.15, 0.2) is 5.82 Å². The third-order valence-corrected chi connectivity index (χ3v) is 5.17. The Balaban J connectivity index is 1.43. The maximum absolute atomic E-state index is 12.5. The summed E-state index contributed by atoms with van der Waals surface area (Å²) in [6.45, 7) is 3.30. The van der Waals surface area contributed by atoms with E-state index in [1.54, 1.807) is 13.0 Å². The minimum absolute atomic E-state index is 0.0341. The number of nitrogens with zero attached hydrogens (tertiary/aromatic N) is 5. The zero-order valence-electron chi connectivity index (χ0n) is 13.8. The standard InChI is InChI=1S/C16H18N6O2S/c1-11-9-13(20-24-11)17-14(23)12-5-4-8-22(10-12)16-19-18-15(25-16)21-6-2-3-7-21/h2-3,6-7,9,12H,4-5,8,10H2,1H3,(H,17,20,23)/t12-/m1/s1. The van der Waals surface area contributed by atoms with Crippen molar-refractivity contribution in [3.8, 4) is 5.13 Å². The maximum atomic E-state index is 12.5. The molecule has 0 aromatic carbocycles. The van der Waals surface area contributed by atoms with Crippen LogP contribution >= 0.6 is 11.3 Å². The molecule has 0 saturated carbocycles. The van der Waals surface area contributed by atoms with E-state index in [1.165, 1.54) is 11.3 Å². The number of aromatic nitrogens is 4. The number of hydrogen-bond acceptors (Lipinski definition) is 7. The number of nitrogens with one attached hydrogen (secondary N) is 1. The molecule has 3 aromatic rings. The normalized spacial score (nSPS) is 17.6. The number of rotatable bonds is 4. The summed E-state index contributed by atoms with van der Waals surface area (Å²) in [5, 5.41) is 16.8. The summed E-state index contributed by atoms with van der Waals surface area (Å²) in [5.41, 5.74) is 0. The molecule has 3 aromatic heterocycles. The predicted molar refractivity (Wildman–Crippen MR) is 94.0 cm³/mol. The Morgan fingerprint density at radius 2 is 2.12 bits per heavy atom. The molecule has 0 aliphatic carbocycles. The molecular formula is C16H18N6O2S. The lowest BCUT2D eigenvalue weighted by Crippen LogP contribution is -2.40. The van der Waals surface area contributed by atoms with Gasteiger partial charge in [0.05, 0.1) is 5.92 Å². The average Bonchev–Trinajstić information content (AvgIpc) is 3.36. The molecule has 1 atom stereocenters. The molecule has 1 amide bonds. The van der Waals surface area contributed by atoms with E-state index >= 15 is 0 Å². The first kappa shape index (κ1) is 15.8. The smallest absolute Gasteiger partial charge is 0.230 e. The third kappa shape index (κ3) is 3.41. The van der Waals surface area contributed by atoms with Gasteiger partial charge in [-0.3, -0.25) is 9.36 Å². The molecule has 4 rings (SSSR count). The van der Waals surface area contributed by atoms with E-state index in [-0.39, 0.29) is 11.8 Å². The quantitative estimate of drug-likeness (QED) is 0.771. The lowest BCUT2D eigenvalue weighted by molar-refractivity contribution is -0.120. The van der Waals surface area contributed by atoms with Crippen molar-refractivity contribution in [2.45, 2.75) is 19.8 Å². The summed E-state index contributed by atoms with van der Waals surface area (Å²) in [4.78, 5) is 14.6. The first-order chi connectivity index (χ1) is 12.2. The van der Waals surface area contributed by atoms with E-state index in [9.17, 15) is 4.79 Å². The highest BCUT2D eigenvalue weighted by molar-refractivity contribution is 7.17. The number of anilines is 2. The Bertz CT molecular complexity index is 856. The Hall–Kier alpha value is -2.68. The number of carbonyl (C=O) groups is 1. The second-order valence-electron chi connectivity index (χ2n) is 6.05. The van der Waals surface area contributed by atoms with E-state index in [4.69, 9.17) is 4.52 Å². The van der Waals surface area contributed by atoms with Crippen molar-refractivity contribution in [3.63, 3.8) is 0 Å². The van der Waals surface area contributed by atoms with Crippen molar-refractivity contribution in [1.29, 1.82) is 0 Å². The Kier molecular flexibility index (Phi) is 4.22.